The summed E-state index contributed by atoms with van der Waals surface area (Å²) in [5.41, 5.74) is 2.30. The second kappa shape index (κ2) is 9.58. The summed E-state index contributed by atoms with van der Waals surface area (Å²) in [5.74, 6) is 1.20. The smallest absolute Gasteiger partial charge is 0.256 e. The van der Waals surface area contributed by atoms with Crippen LogP contribution in [-0.4, -0.2) is 35.8 Å². The average Bonchev–Trinajstić information content (AvgIpc) is 2.72. The molecule has 1 aromatic heterocycles. The molecule has 0 fully saturated rings. The van der Waals surface area contributed by atoms with E-state index in [4.69, 9.17) is 4.84 Å². The zero-order valence-corrected chi connectivity index (χ0v) is 18.2. The monoisotopic (exact) mass is 457 g/mol. The van der Waals surface area contributed by atoms with Crippen molar-refractivity contribution in [3.63, 3.8) is 0 Å². The predicted octanol–water partition coefficient (Wildman–Crippen LogP) is 5.23. The third-order valence-electron chi connectivity index (χ3n) is 4.05. The lowest BCUT2D eigenvalue weighted by atomic mass is 10.2. The lowest BCUT2D eigenvalue weighted by Crippen LogP contribution is -2.21. The lowest BCUT2D eigenvalue weighted by molar-refractivity contribution is 0.133. The van der Waals surface area contributed by atoms with Crippen LogP contribution in [0.3, 0.4) is 0 Å². The fourth-order valence-corrected chi connectivity index (χ4v) is 2.92. The molecule has 0 radical (unpaired) electrons. The van der Waals surface area contributed by atoms with Gasteiger partial charge in [0.1, 0.15) is 11.6 Å². The predicted molar refractivity (Wildman–Crippen MR) is 120 cm³/mol. The van der Waals surface area contributed by atoms with Crippen LogP contribution in [0.15, 0.2) is 59.2 Å². The van der Waals surface area contributed by atoms with Crippen molar-refractivity contribution >= 4 is 44.8 Å². The second-order valence-electron chi connectivity index (χ2n) is 6.55. The zero-order chi connectivity index (χ0) is 20.8. The van der Waals surface area contributed by atoms with E-state index in [1.165, 1.54) is 0 Å². The highest BCUT2D eigenvalue weighted by molar-refractivity contribution is 9.10. The van der Waals surface area contributed by atoms with Crippen molar-refractivity contribution in [3.05, 3.63) is 59.2 Å². The van der Waals surface area contributed by atoms with Gasteiger partial charge in [-0.15, -0.1) is 0 Å². The number of aromatic nitrogens is 2. The maximum Gasteiger partial charge on any atom is 0.256 e. The van der Waals surface area contributed by atoms with Crippen LogP contribution in [0.2, 0.25) is 0 Å². The second-order valence-corrected chi connectivity index (χ2v) is 7.41. The van der Waals surface area contributed by atoms with E-state index in [0.29, 0.717) is 29.7 Å². The molecule has 2 N–H and O–H groups in total. The summed E-state index contributed by atoms with van der Waals surface area (Å²) in [6.07, 6.45) is 2.52. The van der Waals surface area contributed by atoms with Gasteiger partial charge in [-0.25, -0.2) is 4.98 Å². The standard InChI is InChI=1S/C21H24BrN5O2/c1-4-12-29-27(16-10-11-19(28)18(13-16)26(2)3)21-23-14-17(22)20(25-21)24-15-8-6-5-7-9-15/h5-11,13-14,28H,4,12H2,1-3H3,(H,23,24,25). The third-order valence-corrected chi connectivity index (χ3v) is 4.63. The van der Waals surface area contributed by atoms with Crippen molar-refractivity contribution in [2.24, 2.45) is 0 Å². The topological polar surface area (TPSA) is 73.8 Å². The molecule has 0 unspecified atom stereocenters. The molecule has 1 heterocycles. The molecule has 0 amide bonds. The maximum absolute atomic E-state index is 10.1. The van der Waals surface area contributed by atoms with Gasteiger partial charge in [-0.2, -0.15) is 10.0 Å². The fraction of sp³-hybridized carbons (Fsp3) is 0.238. The van der Waals surface area contributed by atoms with Crippen LogP contribution < -0.4 is 15.3 Å². The minimum absolute atomic E-state index is 0.192. The van der Waals surface area contributed by atoms with Gasteiger partial charge in [0, 0.05) is 26.0 Å². The molecule has 0 aliphatic carbocycles. The quantitative estimate of drug-likeness (QED) is 0.448. The summed E-state index contributed by atoms with van der Waals surface area (Å²) in [4.78, 5) is 16.9. The first kappa shape index (κ1) is 20.9. The number of benzene rings is 2. The molecule has 3 rings (SSSR count). The third kappa shape index (κ3) is 5.16. The first-order valence-corrected chi connectivity index (χ1v) is 10.1. The van der Waals surface area contributed by atoms with Gasteiger partial charge >= 0.3 is 0 Å². The number of hydrogen-bond donors (Lipinski definition) is 2. The Kier molecular flexibility index (Phi) is 6.90. The van der Waals surface area contributed by atoms with E-state index in [1.54, 1.807) is 23.4 Å². The molecule has 7 nitrogen and oxygen atoms in total. The van der Waals surface area contributed by atoms with Crippen molar-refractivity contribution in [3.8, 4) is 5.75 Å². The minimum Gasteiger partial charge on any atom is -0.506 e. The van der Waals surface area contributed by atoms with Gasteiger partial charge in [-0.1, -0.05) is 25.1 Å². The Morgan fingerprint density at radius 3 is 2.59 bits per heavy atom. The van der Waals surface area contributed by atoms with Crippen molar-refractivity contribution in [2.75, 3.05) is 36.0 Å². The number of rotatable bonds is 8. The lowest BCUT2D eigenvalue weighted by Gasteiger charge is -2.24. The number of phenols is 1. The normalized spacial score (nSPS) is 10.6. The molecule has 0 aliphatic rings. The van der Waals surface area contributed by atoms with E-state index in [1.807, 2.05) is 62.3 Å². The SMILES string of the molecule is CCCON(c1ccc(O)c(N(C)C)c1)c1ncc(Br)c(Nc2ccccc2)n1. The van der Waals surface area contributed by atoms with E-state index >= 15 is 0 Å². The number of anilines is 5. The average molecular weight is 458 g/mol. The van der Waals surface area contributed by atoms with E-state index in [0.717, 1.165) is 16.6 Å². The van der Waals surface area contributed by atoms with Crippen molar-refractivity contribution in [1.29, 1.82) is 0 Å². The molecular weight excluding hydrogens is 434 g/mol. The molecule has 29 heavy (non-hydrogen) atoms. The van der Waals surface area contributed by atoms with Gasteiger partial charge in [0.25, 0.3) is 5.95 Å². The highest BCUT2D eigenvalue weighted by Gasteiger charge is 2.18. The summed E-state index contributed by atoms with van der Waals surface area (Å²) >= 11 is 3.50. The largest absolute Gasteiger partial charge is 0.506 e. The first-order chi connectivity index (χ1) is 14.0. The number of nitrogens with zero attached hydrogens (tertiary/aromatic N) is 4. The first-order valence-electron chi connectivity index (χ1n) is 9.27. The van der Waals surface area contributed by atoms with E-state index in [9.17, 15) is 5.11 Å². The molecule has 0 saturated heterocycles. The Labute approximate surface area is 179 Å². The van der Waals surface area contributed by atoms with Gasteiger partial charge < -0.3 is 15.3 Å². The Bertz CT molecular complexity index is 953. The summed E-state index contributed by atoms with van der Waals surface area (Å²) in [5, 5.41) is 15.0. The molecule has 3 aromatic rings. The Morgan fingerprint density at radius 2 is 1.90 bits per heavy atom. The molecule has 0 spiro atoms. The maximum atomic E-state index is 10.1. The highest BCUT2D eigenvalue weighted by Crippen LogP contribution is 2.34. The number of aromatic hydroxyl groups is 1. The zero-order valence-electron chi connectivity index (χ0n) is 16.6. The Balaban J connectivity index is 1.99. The van der Waals surface area contributed by atoms with Crippen LogP contribution in [0, 0.1) is 0 Å². The molecular formula is C21H24BrN5O2. The molecule has 0 aliphatic heterocycles. The highest BCUT2D eigenvalue weighted by atomic mass is 79.9. The number of para-hydroxylation sites is 1. The van der Waals surface area contributed by atoms with Gasteiger partial charge in [0.15, 0.2) is 0 Å². The molecule has 0 bridgehead atoms. The molecule has 0 atom stereocenters. The molecule has 0 saturated carbocycles. The fourth-order valence-electron chi connectivity index (χ4n) is 2.63. The molecule has 2 aromatic carbocycles. The van der Waals surface area contributed by atoms with Gasteiger partial charge in [0.05, 0.1) is 22.5 Å². The Morgan fingerprint density at radius 1 is 1.14 bits per heavy atom. The van der Waals surface area contributed by atoms with Gasteiger partial charge in [-0.05, 0) is 52.7 Å². The van der Waals surface area contributed by atoms with Crippen molar-refractivity contribution in [2.45, 2.75) is 13.3 Å². The minimum atomic E-state index is 0.192. The van der Waals surface area contributed by atoms with Crippen LogP contribution in [-0.2, 0) is 4.84 Å². The summed E-state index contributed by atoms with van der Waals surface area (Å²) in [7, 11) is 3.74. The van der Waals surface area contributed by atoms with Gasteiger partial charge in [0.2, 0.25) is 0 Å². The molecule has 152 valence electrons. The number of halogens is 1. The van der Waals surface area contributed by atoms with Crippen LogP contribution in [0.4, 0.5) is 28.8 Å². The van der Waals surface area contributed by atoms with E-state index < -0.39 is 0 Å². The van der Waals surface area contributed by atoms with Crippen LogP contribution >= 0.6 is 15.9 Å². The number of phenolic OH excluding ortho intramolecular Hbond substituents is 1. The van der Waals surface area contributed by atoms with Crippen LogP contribution in [0.1, 0.15) is 13.3 Å². The molecule has 8 heteroatoms. The summed E-state index contributed by atoms with van der Waals surface area (Å²) < 4.78 is 0.736. The van der Waals surface area contributed by atoms with Crippen molar-refractivity contribution in [1.82, 2.24) is 9.97 Å². The summed E-state index contributed by atoms with van der Waals surface area (Å²) in [6, 6.07) is 15.0. The van der Waals surface area contributed by atoms with Crippen molar-refractivity contribution < 1.29 is 9.94 Å². The van der Waals surface area contributed by atoms with E-state index in [-0.39, 0.29) is 5.75 Å². The van der Waals surface area contributed by atoms with E-state index in [2.05, 4.69) is 31.2 Å². The van der Waals surface area contributed by atoms with Gasteiger partial charge in [-0.3, -0.25) is 4.84 Å². The number of hydrogen-bond acceptors (Lipinski definition) is 7. The van der Waals surface area contributed by atoms with Crippen LogP contribution in [0.25, 0.3) is 0 Å². The Hall–Kier alpha value is -2.84. The number of nitrogens with one attached hydrogen (secondary N) is 1. The summed E-state index contributed by atoms with van der Waals surface area (Å²) in [6.45, 7) is 2.53. The van der Waals surface area contributed by atoms with Crippen LogP contribution in [0.5, 0.6) is 5.75 Å².